The number of rotatable bonds is 10. The van der Waals surface area contributed by atoms with Crippen LogP contribution in [-0.2, 0) is 26.2 Å². The van der Waals surface area contributed by atoms with Crippen molar-refractivity contribution < 1.29 is 18.0 Å². The number of carbonyl (C=O) groups excluding carboxylic acids is 2. The van der Waals surface area contributed by atoms with Gasteiger partial charge in [0.2, 0.25) is 21.8 Å². The van der Waals surface area contributed by atoms with E-state index in [4.69, 9.17) is 23.2 Å². The summed E-state index contributed by atoms with van der Waals surface area (Å²) in [7, 11) is -3.78. The third-order valence-electron chi connectivity index (χ3n) is 5.10. The summed E-state index contributed by atoms with van der Waals surface area (Å²) in [5.74, 6) is -0.881. The topological polar surface area (TPSA) is 86.8 Å². The Morgan fingerprint density at radius 1 is 1.06 bits per heavy atom. The number of hydrogen-bond donors (Lipinski definition) is 1. The molecule has 33 heavy (non-hydrogen) atoms. The van der Waals surface area contributed by atoms with Crippen LogP contribution in [0, 0.1) is 6.92 Å². The molecule has 0 aliphatic heterocycles. The minimum absolute atomic E-state index is 0.0433. The number of carbonyl (C=O) groups is 2. The summed E-state index contributed by atoms with van der Waals surface area (Å²) in [5.41, 5.74) is 1.70. The van der Waals surface area contributed by atoms with Gasteiger partial charge < -0.3 is 10.2 Å². The Labute approximate surface area is 205 Å². The molecule has 0 fully saturated rings. The SMILES string of the molecule is CCNC(=O)[C@H](CC)N(Cc1c(Cl)cccc1Cl)C(=O)CN(c1cccc(C)c1)S(C)(=O)=O. The fourth-order valence-corrected chi connectivity index (χ4v) is 4.82. The second kappa shape index (κ2) is 11.7. The van der Waals surface area contributed by atoms with Crippen molar-refractivity contribution in [3.05, 3.63) is 63.6 Å². The van der Waals surface area contributed by atoms with Crippen LogP contribution in [0.25, 0.3) is 0 Å². The molecule has 2 rings (SSSR count). The second-order valence-corrected chi connectivity index (χ2v) is 10.4. The molecule has 1 N–H and O–H groups in total. The highest BCUT2D eigenvalue weighted by atomic mass is 35.5. The van der Waals surface area contributed by atoms with Gasteiger partial charge in [0.05, 0.1) is 11.9 Å². The zero-order chi connectivity index (χ0) is 24.8. The second-order valence-electron chi connectivity index (χ2n) is 7.65. The van der Waals surface area contributed by atoms with Crippen LogP contribution in [-0.4, -0.2) is 50.5 Å². The van der Waals surface area contributed by atoms with Gasteiger partial charge in [-0.05, 0) is 50.1 Å². The predicted molar refractivity (Wildman–Crippen MR) is 133 cm³/mol. The molecule has 0 bridgehead atoms. The maximum atomic E-state index is 13.5. The van der Waals surface area contributed by atoms with Gasteiger partial charge >= 0.3 is 0 Å². The standard InChI is InChI=1S/C23H29Cl2N3O4S/c1-5-21(23(30)26-6-2)27(14-18-19(24)11-8-12-20(18)25)22(29)15-28(33(4,31)32)17-10-7-9-16(3)13-17/h7-13,21H,5-6,14-15H2,1-4H3,(H,26,30)/t21-/m0/s1. The highest BCUT2D eigenvalue weighted by Gasteiger charge is 2.32. The van der Waals surface area contributed by atoms with Gasteiger partial charge in [-0.25, -0.2) is 8.42 Å². The molecule has 7 nitrogen and oxygen atoms in total. The molecule has 10 heteroatoms. The van der Waals surface area contributed by atoms with Gasteiger partial charge in [0.15, 0.2) is 0 Å². The summed E-state index contributed by atoms with van der Waals surface area (Å²) < 4.78 is 26.2. The first kappa shape index (κ1) is 27.0. The van der Waals surface area contributed by atoms with Crippen molar-refractivity contribution in [1.82, 2.24) is 10.2 Å². The molecule has 1 atom stereocenters. The fourth-order valence-electron chi connectivity index (χ4n) is 3.46. The van der Waals surface area contributed by atoms with Gasteiger partial charge in [-0.3, -0.25) is 13.9 Å². The number of nitrogens with zero attached hydrogens (tertiary/aromatic N) is 2. The minimum atomic E-state index is -3.78. The van der Waals surface area contributed by atoms with Gasteiger partial charge in [0.25, 0.3) is 0 Å². The van der Waals surface area contributed by atoms with Gasteiger partial charge in [-0.15, -0.1) is 0 Å². The van der Waals surface area contributed by atoms with E-state index >= 15 is 0 Å². The molecular formula is C23H29Cl2N3O4S. The van der Waals surface area contributed by atoms with E-state index in [1.807, 2.05) is 13.0 Å². The van der Waals surface area contributed by atoms with Crippen LogP contribution in [0.15, 0.2) is 42.5 Å². The number of benzene rings is 2. The van der Waals surface area contributed by atoms with E-state index < -0.39 is 28.5 Å². The van der Waals surface area contributed by atoms with Crippen molar-refractivity contribution in [2.45, 2.75) is 39.8 Å². The monoisotopic (exact) mass is 513 g/mol. The molecule has 0 saturated carbocycles. The van der Waals surface area contributed by atoms with Crippen LogP contribution < -0.4 is 9.62 Å². The average Bonchev–Trinajstić information content (AvgIpc) is 2.73. The Bertz CT molecular complexity index is 1090. The predicted octanol–water partition coefficient (Wildman–Crippen LogP) is 4.01. The molecule has 0 unspecified atom stereocenters. The number of hydrogen-bond acceptors (Lipinski definition) is 4. The largest absolute Gasteiger partial charge is 0.355 e. The number of sulfonamides is 1. The quantitative estimate of drug-likeness (QED) is 0.519. The van der Waals surface area contributed by atoms with Crippen LogP contribution in [0.4, 0.5) is 5.69 Å². The summed E-state index contributed by atoms with van der Waals surface area (Å²) in [5, 5.41) is 3.44. The van der Waals surface area contributed by atoms with Crippen LogP contribution in [0.1, 0.15) is 31.4 Å². The average molecular weight is 514 g/mol. The lowest BCUT2D eigenvalue weighted by Gasteiger charge is -2.33. The van der Waals surface area contributed by atoms with Crippen LogP contribution >= 0.6 is 23.2 Å². The van der Waals surface area contributed by atoms with E-state index in [9.17, 15) is 18.0 Å². The summed E-state index contributed by atoms with van der Waals surface area (Å²) in [4.78, 5) is 27.7. The van der Waals surface area contributed by atoms with Gasteiger partial charge in [0.1, 0.15) is 12.6 Å². The van der Waals surface area contributed by atoms with E-state index in [0.717, 1.165) is 16.1 Å². The highest BCUT2D eigenvalue weighted by Crippen LogP contribution is 2.27. The molecule has 0 aliphatic carbocycles. The van der Waals surface area contributed by atoms with Gasteiger partial charge in [-0.2, -0.15) is 0 Å². The fraction of sp³-hybridized carbons (Fsp3) is 0.391. The number of amides is 2. The zero-order valence-electron chi connectivity index (χ0n) is 19.1. The van der Waals surface area contributed by atoms with Crippen LogP contribution in [0.2, 0.25) is 10.0 Å². The molecule has 2 amide bonds. The third-order valence-corrected chi connectivity index (χ3v) is 6.94. The van der Waals surface area contributed by atoms with Crippen molar-refractivity contribution in [2.24, 2.45) is 0 Å². The first-order valence-electron chi connectivity index (χ1n) is 10.5. The first-order valence-corrected chi connectivity index (χ1v) is 13.1. The number of halogens is 2. The lowest BCUT2D eigenvalue weighted by molar-refractivity contribution is -0.140. The molecule has 0 radical (unpaired) electrons. The maximum Gasteiger partial charge on any atom is 0.244 e. The lowest BCUT2D eigenvalue weighted by Crippen LogP contribution is -2.52. The Morgan fingerprint density at radius 3 is 2.18 bits per heavy atom. The summed E-state index contributed by atoms with van der Waals surface area (Å²) in [6.45, 7) is 5.27. The highest BCUT2D eigenvalue weighted by molar-refractivity contribution is 7.92. The third kappa shape index (κ3) is 7.09. The number of anilines is 1. The van der Waals surface area contributed by atoms with E-state index in [0.29, 0.717) is 34.3 Å². The lowest BCUT2D eigenvalue weighted by atomic mass is 10.1. The molecule has 0 spiro atoms. The first-order chi connectivity index (χ1) is 15.5. The smallest absolute Gasteiger partial charge is 0.244 e. The van der Waals surface area contributed by atoms with Crippen LogP contribution in [0.5, 0.6) is 0 Å². The molecule has 0 saturated heterocycles. The molecule has 0 heterocycles. The molecule has 2 aromatic carbocycles. The summed E-state index contributed by atoms with van der Waals surface area (Å²) in [6, 6.07) is 11.0. The van der Waals surface area contributed by atoms with Crippen LogP contribution in [0.3, 0.4) is 0 Å². The number of likely N-dealkylation sites (N-methyl/N-ethyl adjacent to an activating group) is 1. The van der Waals surface area contributed by atoms with Crippen molar-refractivity contribution >= 4 is 50.7 Å². The van der Waals surface area contributed by atoms with E-state index in [1.165, 1.54) is 4.90 Å². The van der Waals surface area contributed by atoms with Gasteiger partial charge in [-0.1, -0.05) is 48.3 Å². The normalized spacial score (nSPS) is 12.2. The Hall–Kier alpha value is -2.29. The molecular weight excluding hydrogens is 485 g/mol. The zero-order valence-corrected chi connectivity index (χ0v) is 21.5. The van der Waals surface area contributed by atoms with Crippen molar-refractivity contribution in [3.8, 4) is 0 Å². The number of aryl methyl sites for hydroxylation is 1. The van der Waals surface area contributed by atoms with Crippen molar-refractivity contribution in [2.75, 3.05) is 23.7 Å². The summed E-state index contributed by atoms with van der Waals surface area (Å²) >= 11 is 12.7. The molecule has 0 aromatic heterocycles. The van der Waals surface area contributed by atoms with Crippen molar-refractivity contribution in [1.29, 1.82) is 0 Å². The Kier molecular flexibility index (Phi) is 9.57. The van der Waals surface area contributed by atoms with E-state index in [1.54, 1.807) is 50.2 Å². The van der Waals surface area contributed by atoms with Gasteiger partial charge in [0, 0.05) is 28.7 Å². The Balaban J connectivity index is 2.49. The maximum absolute atomic E-state index is 13.5. The molecule has 0 aliphatic rings. The molecule has 2 aromatic rings. The van der Waals surface area contributed by atoms with Crippen molar-refractivity contribution in [3.63, 3.8) is 0 Å². The minimum Gasteiger partial charge on any atom is -0.355 e. The van der Waals surface area contributed by atoms with E-state index in [2.05, 4.69) is 5.32 Å². The number of nitrogens with one attached hydrogen (secondary N) is 1. The Morgan fingerprint density at radius 2 is 1.67 bits per heavy atom. The van der Waals surface area contributed by atoms with E-state index in [-0.39, 0.29) is 12.5 Å². The molecule has 180 valence electrons. The summed E-state index contributed by atoms with van der Waals surface area (Å²) in [6.07, 6.45) is 1.36.